The summed E-state index contributed by atoms with van der Waals surface area (Å²) in [5.74, 6) is -0.815. The number of rotatable bonds is 8. The lowest BCUT2D eigenvalue weighted by atomic mass is 10.2. The third-order valence-electron chi connectivity index (χ3n) is 5.49. The van der Waals surface area contributed by atoms with Crippen LogP contribution in [0.2, 0.25) is 0 Å². The van der Waals surface area contributed by atoms with Crippen molar-refractivity contribution < 1.29 is 22.9 Å². The number of nitrogens with one attached hydrogen (secondary N) is 2. The van der Waals surface area contributed by atoms with Crippen LogP contribution < -0.4 is 10.0 Å². The van der Waals surface area contributed by atoms with Gasteiger partial charge in [0.2, 0.25) is 0 Å². The van der Waals surface area contributed by atoms with E-state index in [1.165, 1.54) is 37.1 Å². The molecule has 1 saturated heterocycles. The monoisotopic (exact) mass is 460 g/mol. The molecule has 0 bridgehead atoms. The topological polar surface area (TPSA) is 131 Å². The number of amides is 1. The molecule has 1 heterocycles. The number of carbonyl (C=O) groups is 1. The van der Waals surface area contributed by atoms with E-state index in [1.54, 1.807) is 18.2 Å². The van der Waals surface area contributed by atoms with Crippen LogP contribution in [0.5, 0.6) is 0 Å². The molecular formula is C21H24N4O6S. The second-order valence-electron chi connectivity index (χ2n) is 7.84. The van der Waals surface area contributed by atoms with E-state index in [4.69, 9.17) is 4.74 Å². The Hall–Kier alpha value is -3.02. The quantitative estimate of drug-likeness (QED) is 0.452. The number of nitro groups is 1. The summed E-state index contributed by atoms with van der Waals surface area (Å²) in [6.45, 7) is 2.62. The molecule has 10 nitrogen and oxygen atoms in total. The number of sulfonamides is 1. The van der Waals surface area contributed by atoms with Crippen molar-refractivity contribution in [3.63, 3.8) is 0 Å². The summed E-state index contributed by atoms with van der Waals surface area (Å²) in [6, 6.07) is 12.0. The molecule has 2 aliphatic rings. The number of anilines is 1. The molecule has 0 spiro atoms. The zero-order valence-electron chi connectivity index (χ0n) is 17.3. The van der Waals surface area contributed by atoms with E-state index in [0.29, 0.717) is 19.2 Å². The van der Waals surface area contributed by atoms with Crippen molar-refractivity contribution >= 4 is 27.3 Å². The number of nitro benzene ring substituents is 1. The molecule has 1 amide bonds. The lowest BCUT2D eigenvalue weighted by Crippen LogP contribution is -2.46. The van der Waals surface area contributed by atoms with E-state index in [1.807, 2.05) is 4.72 Å². The highest BCUT2D eigenvalue weighted by molar-refractivity contribution is 7.90. The summed E-state index contributed by atoms with van der Waals surface area (Å²) < 4.78 is 32.9. The first-order valence-corrected chi connectivity index (χ1v) is 11.8. The summed E-state index contributed by atoms with van der Waals surface area (Å²) in [7, 11) is -4.29. The minimum atomic E-state index is -4.29. The maximum Gasteiger partial charge on any atom is 0.293 e. The zero-order chi connectivity index (χ0) is 22.7. The summed E-state index contributed by atoms with van der Waals surface area (Å²) in [5.41, 5.74) is -0.0399. The fraction of sp³-hybridized carbons (Fsp3) is 0.381. The third-order valence-corrected chi connectivity index (χ3v) is 6.82. The molecule has 1 aliphatic heterocycles. The maximum atomic E-state index is 12.6. The highest BCUT2D eigenvalue weighted by Gasteiger charge is 2.33. The number of benzene rings is 2. The van der Waals surface area contributed by atoms with Gasteiger partial charge in [-0.1, -0.05) is 18.2 Å². The Morgan fingerprint density at radius 3 is 2.62 bits per heavy atom. The van der Waals surface area contributed by atoms with Gasteiger partial charge in [-0.15, -0.1) is 0 Å². The zero-order valence-corrected chi connectivity index (χ0v) is 18.1. The largest absolute Gasteiger partial charge is 0.377 e. The van der Waals surface area contributed by atoms with Gasteiger partial charge in [-0.3, -0.25) is 19.8 Å². The predicted octanol–water partition coefficient (Wildman–Crippen LogP) is 1.99. The molecule has 1 saturated carbocycles. The van der Waals surface area contributed by atoms with Gasteiger partial charge in [-0.25, -0.2) is 13.1 Å². The predicted molar refractivity (Wildman–Crippen MR) is 117 cm³/mol. The van der Waals surface area contributed by atoms with E-state index in [2.05, 4.69) is 10.2 Å². The van der Waals surface area contributed by atoms with Crippen molar-refractivity contribution in [1.29, 1.82) is 0 Å². The number of morpholine rings is 1. The third kappa shape index (κ3) is 5.23. The van der Waals surface area contributed by atoms with Crippen molar-refractivity contribution in [2.45, 2.75) is 29.9 Å². The Balaban J connectivity index is 1.46. The molecule has 4 rings (SSSR count). The Bertz CT molecular complexity index is 1100. The smallest absolute Gasteiger partial charge is 0.293 e. The van der Waals surface area contributed by atoms with Gasteiger partial charge in [0.25, 0.3) is 21.6 Å². The highest BCUT2D eigenvalue weighted by Crippen LogP contribution is 2.30. The molecule has 11 heteroatoms. The van der Waals surface area contributed by atoms with Crippen LogP contribution in [0, 0.1) is 10.1 Å². The number of hydrogen-bond acceptors (Lipinski definition) is 8. The van der Waals surface area contributed by atoms with Crippen LogP contribution in [0.4, 0.5) is 11.4 Å². The average Bonchev–Trinajstić information content (AvgIpc) is 3.63. The number of nitrogens with zero attached hydrogens (tertiary/aromatic N) is 2. The van der Waals surface area contributed by atoms with Crippen LogP contribution in [-0.4, -0.2) is 62.5 Å². The normalized spacial score (nSPS) is 19.3. The summed E-state index contributed by atoms with van der Waals surface area (Å²) in [4.78, 5) is 25.2. The highest BCUT2D eigenvalue weighted by atomic mass is 32.2. The molecule has 1 unspecified atom stereocenters. The van der Waals surface area contributed by atoms with Gasteiger partial charge in [-0.2, -0.15) is 0 Å². The fourth-order valence-electron chi connectivity index (χ4n) is 3.67. The first-order chi connectivity index (χ1) is 15.3. The standard InChI is InChI=1S/C21H24N4O6S/c26-21(15-4-2-1-3-5-15)23-32(29,30)18-8-9-19(20(12-18)25(27)28)22-13-17-14-24(10-11-31-17)16-6-7-16/h1-5,8-9,12,16-17,22H,6-7,10-11,13-14H2,(H,23,26). The van der Waals surface area contributed by atoms with Crippen molar-refractivity contribution in [2.75, 3.05) is 31.6 Å². The first-order valence-electron chi connectivity index (χ1n) is 10.3. The summed E-state index contributed by atoms with van der Waals surface area (Å²) in [5, 5.41) is 14.6. The van der Waals surface area contributed by atoms with Crippen molar-refractivity contribution in [2.24, 2.45) is 0 Å². The Morgan fingerprint density at radius 2 is 1.94 bits per heavy atom. The molecule has 32 heavy (non-hydrogen) atoms. The number of hydrogen-bond donors (Lipinski definition) is 2. The van der Waals surface area contributed by atoms with Gasteiger partial charge in [0.15, 0.2) is 0 Å². The average molecular weight is 461 g/mol. The van der Waals surface area contributed by atoms with Gasteiger partial charge in [0.1, 0.15) is 5.69 Å². The van der Waals surface area contributed by atoms with Gasteiger partial charge in [-0.05, 0) is 37.1 Å². The molecular weight excluding hydrogens is 436 g/mol. The van der Waals surface area contributed by atoms with E-state index < -0.39 is 26.5 Å². The molecule has 2 aromatic rings. The molecule has 2 fully saturated rings. The van der Waals surface area contributed by atoms with Crippen LogP contribution in [0.1, 0.15) is 23.2 Å². The minimum Gasteiger partial charge on any atom is -0.377 e. The van der Waals surface area contributed by atoms with E-state index in [9.17, 15) is 23.3 Å². The van der Waals surface area contributed by atoms with E-state index in [0.717, 1.165) is 19.2 Å². The fourth-order valence-corrected chi connectivity index (χ4v) is 4.66. The molecule has 0 radical (unpaired) electrons. The van der Waals surface area contributed by atoms with Crippen molar-refractivity contribution in [3.8, 4) is 0 Å². The lowest BCUT2D eigenvalue weighted by Gasteiger charge is -2.33. The molecule has 170 valence electrons. The Kier molecular flexibility index (Phi) is 6.40. The Morgan fingerprint density at radius 1 is 1.19 bits per heavy atom. The van der Waals surface area contributed by atoms with Crippen molar-refractivity contribution in [3.05, 3.63) is 64.2 Å². The lowest BCUT2D eigenvalue weighted by molar-refractivity contribution is -0.384. The van der Waals surface area contributed by atoms with Crippen LogP contribution in [-0.2, 0) is 14.8 Å². The SMILES string of the molecule is O=C(NS(=O)(=O)c1ccc(NCC2CN(C3CC3)CCO2)c([N+](=O)[O-])c1)c1ccccc1. The van der Waals surface area contributed by atoms with Crippen LogP contribution >= 0.6 is 0 Å². The minimum absolute atomic E-state index is 0.113. The van der Waals surface area contributed by atoms with Crippen LogP contribution in [0.15, 0.2) is 53.4 Å². The van der Waals surface area contributed by atoms with E-state index in [-0.39, 0.29) is 22.3 Å². The van der Waals surface area contributed by atoms with Gasteiger partial charge >= 0.3 is 0 Å². The first kappa shape index (κ1) is 22.2. The van der Waals surface area contributed by atoms with Gasteiger partial charge in [0, 0.05) is 37.3 Å². The van der Waals surface area contributed by atoms with Crippen LogP contribution in [0.3, 0.4) is 0 Å². The number of carbonyl (C=O) groups excluding carboxylic acids is 1. The maximum absolute atomic E-state index is 12.6. The second kappa shape index (κ2) is 9.23. The second-order valence-corrected chi connectivity index (χ2v) is 9.52. The summed E-state index contributed by atoms with van der Waals surface area (Å²) >= 11 is 0. The molecule has 1 atom stereocenters. The molecule has 0 aromatic heterocycles. The van der Waals surface area contributed by atoms with Crippen LogP contribution in [0.25, 0.3) is 0 Å². The van der Waals surface area contributed by atoms with Gasteiger partial charge < -0.3 is 10.1 Å². The van der Waals surface area contributed by atoms with E-state index >= 15 is 0 Å². The number of ether oxygens (including phenoxy) is 1. The molecule has 2 N–H and O–H groups in total. The summed E-state index contributed by atoms with van der Waals surface area (Å²) in [6.07, 6.45) is 2.28. The molecule has 1 aliphatic carbocycles. The molecule has 2 aromatic carbocycles. The van der Waals surface area contributed by atoms with Crippen molar-refractivity contribution in [1.82, 2.24) is 9.62 Å². The van der Waals surface area contributed by atoms with Gasteiger partial charge in [0.05, 0.1) is 22.5 Å². The Labute approximate surface area is 185 Å².